The minimum Gasteiger partial charge on any atom is -0.481 e. The van der Waals surface area contributed by atoms with Gasteiger partial charge >= 0.3 is 5.97 Å². The average molecular weight is 208 g/mol. The van der Waals surface area contributed by atoms with Crippen molar-refractivity contribution in [1.29, 1.82) is 0 Å². The number of ketones is 1. The van der Waals surface area contributed by atoms with Crippen LogP contribution in [0.2, 0.25) is 0 Å². The summed E-state index contributed by atoms with van der Waals surface area (Å²) in [5, 5.41) is 11.1. The van der Waals surface area contributed by atoms with E-state index in [0.29, 0.717) is 12.1 Å². The van der Waals surface area contributed by atoms with Gasteiger partial charge in [-0.3, -0.25) is 14.6 Å². The molecule has 2 N–H and O–H groups in total. The van der Waals surface area contributed by atoms with Crippen LogP contribution in [0.1, 0.15) is 16.8 Å². The molecule has 0 saturated carbocycles. The number of carboxylic acids is 1. The lowest BCUT2D eigenvalue weighted by atomic mass is 10.2. The van der Waals surface area contributed by atoms with E-state index in [9.17, 15) is 9.59 Å². The highest BCUT2D eigenvalue weighted by Crippen LogP contribution is 1.95. The predicted octanol–water partition coefficient (Wildman–Crippen LogP) is 0.329. The van der Waals surface area contributed by atoms with E-state index in [-0.39, 0.29) is 18.7 Å². The normalized spacial score (nSPS) is 9.87. The molecule has 1 aromatic heterocycles. The van der Waals surface area contributed by atoms with E-state index in [1.807, 2.05) is 0 Å². The number of rotatable bonds is 6. The molecule has 5 heteroatoms. The maximum Gasteiger partial charge on any atom is 0.304 e. The highest BCUT2D eigenvalue weighted by Gasteiger charge is 2.04. The summed E-state index contributed by atoms with van der Waals surface area (Å²) in [6.45, 7) is 0.431. The van der Waals surface area contributed by atoms with Crippen LogP contribution in [-0.4, -0.2) is 34.9 Å². The van der Waals surface area contributed by atoms with Crippen LogP contribution in [0.25, 0.3) is 0 Å². The molecule has 15 heavy (non-hydrogen) atoms. The third-order valence-electron chi connectivity index (χ3n) is 1.78. The van der Waals surface area contributed by atoms with E-state index in [0.717, 1.165) is 0 Å². The smallest absolute Gasteiger partial charge is 0.304 e. The lowest BCUT2D eigenvalue weighted by Crippen LogP contribution is -2.25. The lowest BCUT2D eigenvalue weighted by molar-refractivity contribution is -0.136. The van der Waals surface area contributed by atoms with Crippen molar-refractivity contribution < 1.29 is 14.7 Å². The first kappa shape index (κ1) is 11.3. The monoisotopic (exact) mass is 208 g/mol. The second kappa shape index (κ2) is 5.87. The first-order valence-electron chi connectivity index (χ1n) is 4.56. The largest absolute Gasteiger partial charge is 0.481 e. The van der Waals surface area contributed by atoms with Gasteiger partial charge in [-0.1, -0.05) is 0 Å². The fraction of sp³-hybridized carbons (Fsp3) is 0.300. The number of aliphatic carboxylic acids is 1. The van der Waals surface area contributed by atoms with Crippen molar-refractivity contribution in [3.8, 4) is 0 Å². The summed E-state index contributed by atoms with van der Waals surface area (Å²) < 4.78 is 0. The van der Waals surface area contributed by atoms with Gasteiger partial charge in [-0.05, 0) is 12.1 Å². The molecule has 0 amide bonds. The lowest BCUT2D eigenvalue weighted by Gasteiger charge is -2.01. The van der Waals surface area contributed by atoms with Crippen molar-refractivity contribution in [3.63, 3.8) is 0 Å². The van der Waals surface area contributed by atoms with E-state index < -0.39 is 5.97 Å². The van der Waals surface area contributed by atoms with Crippen LogP contribution >= 0.6 is 0 Å². The minimum absolute atomic E-state index is 0.0142. The third-order valence-corrected chi connectivity index (χ3v) is 1.78. The molecule has 1 aromatic rings. The Morgan fingerprint density at radius 1 is 1.47 bits per heavy atom. The van der Waals surface area contributed by atoms with E-state index >= 15 is 0 Å². The molecule has 0 aliphatic heterocycles. The van der Waals surface area contributed by atoms with Gasteiger partial charge in [0.25, 0.3) is 0 Å². The van der Waals surface area contributed by atoms with Crippen molar-refractivity contribution >= 4 is 11.8 Å². The molecule has 1 rings (SSSR count). The van der Waals surface area contributed by atoms with Crippen molar-refractivity contribution in [2.75, 3.05) is 13.1 Å². The van der Waals surface area contributed by atoms with Gasteiger partial charge < -0.3 is 10.4 Å². The summed E-state index contributed by atoms with van der Waals surface area (Å²) >= 11 is 0. The molecule has 0 unspecified atom stereocenters. The Bertz CT molecular complexity index is 338. The van der Waals surface area contributed by atoms with Crippen LogP contribution < -0.4 is 5.32 Å². The first-order chi connectivity index (χ1) is 7.20. The Morgan fingerprint density at radius 2 is 2.27 bits per heavy atom. The molecule has 0 aliphatic rings. The molecule has 5 nitrogen and oxygen atoms in total. The van der Waals surface area contributed by atoms with Crippen LogP contribution in [0.15, 0.2) is 24.5 Å². The van der Waals surface area contributed by atoms with Gasteiger partial charge in [0.1, 0.15) is 0 Å². The second-order valence-corrected chi connectivity index (χ2v) is 2.99. The van der Waals surface area contributed by atoms with Gasteiger partial charge in [0.05, 0.1) is 13.0 Å². The summed E-state index contributed by atoms with van der Waals surface area (Å²) in [6.07, 6.45) is 3.09. The number of aromatic nitrogens is 1. The Labute approximate surface area is 87.1 Å². The standard InChI is InChI=1S/C10H12N2O3/c13-9(7-12-5-3-10(14)15)8-2-1-4-11-6-8/h1-2,4,6,12H,3,5,7H2,(H,14,15). The van der Waals surface area contributed by atoms with Gasteiger partial charge in [-0.2, -0.15) is 0 Å². The molecule has 1 heterocycles. The molecule has 0 bridgehead atoms. The number of pyridine rings is 1. The Kier molecular flexibility index (Phi) is 4.43. The Morgan fingerprint density at radius 3 is 2.87 bits per heavy atom. The van der Waals surface area contributed by atoms with Crippen molar-refractivity contribution in [3.05, 3.63) is 30.1 Å². The van der Waals surface area contributed by atoms with Crippen LogP contribution in [0.4, 0.5) is 0 Å². The molecule has 0 spiro atoms. The number of nitrogens with one attached hydrogen (secondary N) is 1. The molecular weight excluding hydrogens is 196 g/mol. The molecule has 0 radical (unpaired) electrons. The van der Waals surface area contributed by atoms with Crippen molar-refractivity contribution in [1.82, 2.24) is 10.3 Å². The number of hydrogen-bond acceptors (Lipinski definition) is 4. The SMILES string of the molecule is O=C(O)CCNCC(=O)c1cccnc1. The molecule has 0 saturated heterocycles. The van der Waals surface area contributed by atoms with Gasteiger partial charge in [-0.25, -0.2) is 0 Å². The number of carbonyl (C=O) groups is 2. The molecule has 80 valence electrons. The molecule has 0 atom stereocenters. The maximum absolute atomic E-state index is 11.4. The zero-order chi connectivity index (χ0) is 11.1. The number of carbonyl (C=O) groups excluding carboxylic acids is 1. The van der Waals surface area contributed by atoms with Crippen molar-refractivity contribution in [2.24, 2.45) is 0 Å². The Balaban J connectivity index is 2.28. The van der Waals surface area contributed by atoms with E-state index in [1.165, 1.54) is 6.20 Å². The average Bonchev–Trinajstić information content (AvgIpc) is 2.25. The van der Waals surface area contributed by atoms with Gasteiger partial charge in [0.15, 0.2) is 5.78 Å². The Hall–Kier alpha value is -1.75. The van der Waals surface area contributed by atoms with Gasteiger partial charge in [0.2, 0.25) is 0 Å². The zero-order valence-electron chi connectivity index (χ0n) is 8.14. The van der Waals surface area contributed by atoms with E-state index in [2.05, 4.69) is 10.3 Å². The molecular formula is C10H12N2O3. The minimum atomic E-state index is -0.878. The number of Topliss-reactive ketones (excluding diaryl/α,β-unsaturated/α-hetero) is 1. The fourth-order valence-corrected chi connectivity index (χ4v) is 1.03. The van der Waals surface area contributed by atoms with Crippen LogP contribution in [0.5, 0.6) is 0 Å². The highest BCUT2D eigenvalue weighted by molar-refractivity contribution is 5.97. The highest BCUT2D eigenvalue weighted by atomic mass is 16.4. The van der Waals surface area contributed by atoms with Crippen LogP contribution in [0.3, 0.4) is 0 Å². The second-order valence-electron chi connectivity index (χ2n) is 2.99. The zero-order valence-corrected chi connectivity index (χ0v) is 8.14. The van der Waals surface area contributed by atoms with Crippen molar-refractivity contribution in [2.45, 2.75) is 6.42 Å². The molecule has 0 aliphatic carbocycles. The van der Waals surface area contributed by atoms with Gasteiger partial charge in [0, 0.05) is 24.5 Å². The summed E-state index contributed by atoms with van der Waals surface area (Å²) in [7, 11) is 0. The third kappa shape index (κ3) is 4.33. The van der Waals surface area contributed by atoms with E-state index in [1.54, 1.807) is 18.3 Å². The number of hydrogen-bond donors (Lipinski definition) is 2. The number of nitrogens with zero attached hydrogens (tertiary/aromatic N) is 1. The summed E-state index contributed by atoms with van der Waals surface area (Å²) in [5.74, 6) is -0.968. The topological polar surface area (TPSA) is 79.3 Å². The summed E-state index contributed by atoms with van der Waals surface area (Å²) in [6, 6.07) is 3.36. The molecule has 0 aromatic carbocycles. The quantitative estimate of drug-likeness (QED) is 0.520. The predicted molar refractivity (Wildman–Crippen MR) is 53.7 cm³/mol. The maximum atomic E-state index is 11.4. The van der Waals surface area contributed by atoms with Gasteiger partial charge in [-0.15, -0.1) is 0 Å². The van der Waals surface area contributed by atoms with Crippen LogP contribution in [-0.2, 0) is 4.79 Å². The summed E-state index contributed by atoms with van der Waals surface area (Å²) in [4.78, 5) is 25.4. The number of carboxylic acid groups (broad SMARTS) is 1. The van der Waals surface area contributed by atoms with E-state index in [4.69, 9.17) is 5.11 Å². The summed E-state index contributed by atoms with van der Waals surface area (Å²) in [5.41, 5.74) is 0.528. The first-order valence-corrected chi connectivity index (χ1v) is 4.56. The fourth-order valence-electron chi connectivity index (χ4n) is 1.03. The molecule has 0 fully saturated rings. The van der Waals surface area contributed by atoms with Crippen LogP contribution in [0, 0.1) is 0 Å².